The SMILES string of the molecule is CC(CCNC(=O)Nc1ncnn1C)CCC(=O)O. The molecule has 19 heavy (non-hydrogen) atoms. The normalized spacial score (nSPS) is 11.9. The van der Waals surface area contributed by atoms with Crippen molar-refractivity contribution in [3.05, 3.63) is 6.33 Å². The van der Waals surface area contributed by atoms with Crippen molar-refractivity contribution in [2.75, 3.05) is 11.9 Å². The molecular weight excluding hydrogens is 250 g/mol. The highest BCUT2D eigenvalue weighted by molar-refractivity contribution is 5.87. The van der Waals surface area contributed by atoms with Gasteiger partial charge in [-0.15, -0.1) is 0 Å². The first-order valence-corrected chi connectivity index (χ1v) is 6.09. The molecule has 1 aromatic rings. The van der Waals surface area contributed by atoms with E-state index in [1.807, 2.05) is 6.92 Å². The zero-order valence-corrected chi connectivity index (χ0v) is 11.1. The van der Waals surface area contributed by atoms with E-state index in [2.05, 4.69) is 20.7 Å². The maximum absolute atomic E-state index is 11.5. The smallest absolute Gasteiger partial charge is 0.321 e. The van der Waals surface area contributed by atoms with Crippen LogP contribution in [0.3, 0.4) is 0 Å². The number of carbonyl (C=O) groups is 2. The van der Waals surface area contributed by atoms with Crippen LogP contribution in [0.5, 0.6) is 0 Å². The molecule has 0 saturated carbocycles. The highest BCUT2D eigenvalue weighted by Crippen LogP contribution is 2.09. The highest BCUT2D eigenvalue weighted by Gasteiger charge is 2.08. The molecule has 1 heterocycles. The third-order valence-electron chi connectivity index (χ3n) is 2.71. The number of amides is 2. The van der Waals surface area contributed by atoms with Crippen molar-refractivity contribution < 1.29 is 14.7 Å². The Balaban J connectivity index is 2.17. The second-order valence-corrected chi connectivity index (χ2v) is 4.41. The average Bonchev–Trinajstić information content (AvgIpc) is 2.72. The summed E-state index contributed by atoms with van der Waals surface area (Å²) in [4.78, 5) is 25.8. The van der Waals surface area contributed by atoms with Crippen LogP contribution in [0.25, 0.3) is 0 Å². The van der Waals surface area contributed by atoms with E-state index in [1.54, 1.807) is 7.05 Å². The Hall–Kier alpha value is -2.12. The van der Waals surface area contributed by atoms with Crippen molar-refractivity contribution in [1.82, 2.24) is 20.1 Å². The Morgan fingerprint density at radius 1 is 1.47 bits per heavy atom. The first-order valence-electron chi connectivity index (χ1n) is 6.09. The first-order chi connectivity index (χ1) is 8.99. The molecule has 1 rings (SSSR count). The third kappa shape index (κ3) is 5.84. The number of aromatic nitrogens is 3. The molecule has 1 atom stereocenters. The number of hydrogen-bond donors (Lipinski definition) is 3. The summed E-state index contributed by atoms with van der Waals surface area (Å²) in [6, 6.07) is -0.346. The fraction of sp³-hybridized carbons (Fsp3) is 0.636. The molecular formula is C11H19N5O3. The number of carbonyl (C=O) groups excluding carboxylic acids is 1. The van der Waals surface area contributed by atoms with Crippen LogP contribution in [0.1, 0.15) is 26.2 Å². The van der Waals surface area contributed by atoms with Crippen LogP contribution < -0.4 is 10.6 Å². The minimum atomic E-state index is -0.792. The predicted octanol–water partition coefficient (Wildman–Crippen LogP) is 0.828. The van der Waals surface area contributed by atoms with Crippen LogP contribution in [0, 0.1) is 5.92 Å². The molecule has 1 unspecified atom stereocenters. The van der Waals surface area contributed by atoms with E-state index in [-0.39, 0.29) is 18.4 Å². The van der Waals surface area contributed by atoms with E-state index in [0.717, 1.165) is 6.42 Å². The van der Waals surface area contributed by atoms with Crippen molar-refractivity contribution in [3.63, 3.8) is 0 Å². The standard InChI is InChI=1S/C11H19N5O3/c1-8(3-4-9(17)18)5-6-12-11(19)15-10-13-7-14-16(10)2/h7-8H,3-6H2,1-2H3,(H,17,18)(H2,12,13,14,15,19). The number of urea groups is 1. The van der Waals surface area contributed by atoms with Gasteiger partial charge in [0, 0.05) is 20.0 Å². The summed E-state index contributed by atoms with van der Waals surface area (Å²) in [6.07, 6.45) is 2.86. The number of aryl methyl sites for hydroxylation is 1. The molecule has 2 amide bonds. The van der Waals surface area contributed by atoms with Gasteiger partial charge in [0.1, 0.15) is 6.33 Å². The quantitative estimate of drug-likeness (QED) is 0.679. The fourth-order valence-corrected chi connectivity index (χ4v) is 1.50. The van der Waals surface area contributed by atoms with Crippen LogP contribution in [-0.4, -0.2) is 38.4 Å². The topological polar surface area (TPSA) is 109 Å². The van der Waals surface area contributed by atoms with E-state index in [1.165, 1.54) is 11.0 Å². The second-order valence-electron chi connectivity index (χ2n) is 4.41. The number of rotatable bonds is 7. The molecule has 0 spiro atoms. The molecule has 0 aliphatic heterocycles. The van der Waals surface area contributed by atoms with E-state index < -0.39 is 5.97 Å². The first kappa shape index (κ1) is 14.9. The maximum Gasteiger partial charge on any atom is 0.321 e. The lowest BCUT2D eigenvalue weighted by Crippen LogP contribution is -2.31. The van der Waals surface area contributed by atoms with Gasteiger partial charge in [0.05, 0.1) is 0 Å². The van der Waals surface area contributed by atoms with Crippen molar-refractivity contribution in [1.29, 1.82) is 0 Å². The molecule has 0 fully saturated rings. The molecule has 8 heteroatoms. The number of nitrogens with zero attached hydrogens (tertiary/aromatic N) is 3. The number of carboxylic acid groups (broad SMARTS) is 1. The lowest BCUT2D eigenvalue weighted by molar-refractivity contribution is -0.137. The molecule has 3 N–H and O–H groups in total. The minimum Gasteiger partial charge on any atom is -0.481 e. The fourth-order valence-electron chi connectivity index (χ4n) is 1.50. The van der Waals surface area contributed by atoms with Gasteiger partial charge >= 0.3 is 12.0 Å². The molecule has 8 nitrogen and oxygen atoms in total. The molecule has 1 aromatic heterocycles. The van der Waals surface area contributed by atoms with Crippen LogP contribution in [0.15, 0.2) is 6.33 Å². The number of carboxylic acids is 1. The lowest BCUT2D eigenvalue weighted by atomic mass is 10.0. The van der Waals surface area contributed by atoms with Gasteiger partial charge in [-0.2, -0.15) is 10.1 Å². The van der Waals surface area contributed by atoms with Gasteiger partial charge in [0.25, 0.3) is 0 Å². The third-order valence-corrected chi connectivity index (χ3v) is 2.71. The van der Waals surface area contributed by atoms with E-state index in [0.29, 0.717) is 18.9 Å². The van der Waals surface area contributed by atoms with E-state index >= 15 is 0 Å². The maximum atomic E-state index is 11.5. The van der Waals surface area contributed by atoms with Crippen LogP contribution in [0.4, 0.5) is 10.7 Å². The zero-order valence-electron chi connectivity index (χ0n) is 11.1. The Morgan fingerprint density at radius 2 is 2.21 bits per heavy atom. The van der Waals surface area contributed by atoms with Gasteiger partial charge in [0.15, 0.2) is 0 Å². The van der Waals surface area contributed by atoms with Gasteiger partial charge in [-0.05, 0) is 18.8 Å². The van der Waals surface area contributed by atoms with E-state index in [9.17, 15) is 9.59 Å². The van der Waals surface area contributed by atoms with Gasteiger partial charge in [-0.25, -0.2) is 9.48 Å². The van der Waals surface area contributed by atoms with Crippen molar-refractivity contribution in [3.8, 4) is 0 Å². The summed E-state index contributed by atoms with van der Waals surface area (Å²) < 4.78 is 1.45. The monoisotopic (exact) mass is 269 g/mol. The summed E-state index contributed by atoms with van der Waals surface area (Å²) in [5.74, 6) is -0.164. The van der Waals surface area contributed by atoms with Crippen molar-refractivity contribution in [2.45, 2.75) is 26.2 Å². The number of hydrogen-bond acceptors (Lipinski definition) is 4. The highest BCUT2D eigenvalue weighted by atomic mass is 16.4. The zero-order chi connectivity index (χ0) is 14.3. The van der Waals surface area contributed by atoms with E-state index in [4.69, 9.17) is 5.11 Å². The van der Waals surface area contributed by atoms with Crippen LogP contribution in [0.2, 0.25) is 0 Å². The van der Waals surface area contributed by atoms with Crippen LogP contribution in [-0.2, 0) is 11.8 Å². The van der Waals surface area contributed by atoms with Gasteiger partial charge in [-0.1, -0.05) is 6.92 Å². The summed E-state index contributed by atoms with van der Waals surface area (Å²) >= 11 is 0. The molecule has 0 aliphatic carbocycles. The number of aliphatic carboxylic acids is 1. The molecule has 106 valence electrons. The summed E-state index contributed by atoms with van der Waals surface area (Å²) in [6.45, 7) is 2.45. The number of nitrogens with one attached hydrogen (secondary N) is 2. The summed E-state index contributed by atoms with van der Waals surface area (Å²) in [7, 11) is 1.68. The largest absolute Gasteiger partial charge is 0.481 e. The lowest BCUT2D eigenvalue weighted by Gasteiger charge is -2.11. The Labute approximate surface area is 111 Å². The summed E-state index contributed by atoms with van der Waals surface area (Å²) in [5, 5.41) is 17.6. The second kappa shape index (κ2) is 7.34. The average molecular weight is 269 g/mol. The Kier molecular flexibility index (Phi) is 5.77. The molecule has 0 aliphatic rings. The number of anilines is 1. The molecule has 0 saturated heterocycles. The Bertz CT molecular complexity index is 432. The van der Waals surface area contributed by atoms with Crippen molar-refractivity contribution in [2.24, 2.45) is 13.0 Å². The molecule has 0 bridgehead atoms. The Morgan fingerprint density at radius 3 is 2.79 bits per heavy atom. The van der Waals surface area contributed by atoms with Crippen LogP contribution >= 0.6 is 0 Å². The van der Waals surface area contributed by atoms with Gasteiger partial charge < -0.3 is 10.4 Å². The summed E-state index contributed by atoms with van der Waals surface area (Å²) in [5.41, 5.74) is 0. The molecule has 0 aromatic carbocycles. The predicted molar refractivity (Wildman–Crippen MR) is 68.7 cm³/mol. The minimum absolute atomic E-state index is 0.159. The van der Waals surface area contributed by atoms with Crippen molar-refractivity contribution >= 4 is 17.9 Å². The van der Waals surface area contributed by atoms with Gasteiger partial charge in [-0.3, -0.25) is 10.1 Å². The van der Waals surface area contributed by atoms with Gasteiger partial charge in [0.2, 0.25) is 5.95 Å². The molecule has 0 radical (unpaired) electrons.